The third kappa shape index (κ3) is 4.45. The van der Waals surface area contributed by atoms with E-state index in [1.165, 1.54) is 38.5 Å². The van der Waals surface area contributed by atoms with Gasteiger partial charge in [0.05, 0.1) is 31.0 Å². The van der Waals surface area contributed by atoms with E-state index in [1.807, 2.05) is 0 Å². The fourth-order valence-electron chi connectivity index (χ4n) is 14.1. The molecule has 8 fully saturated rings. The first-order valence-electron chi connectivity index (χ1n) is 19.4. The molecule has 47 heavy (non-hydrogen) atoms. The Labute approximate surface area is 283 Å². The summed E-state index contributed by atoms with van der Waals surface area (Å²) in [5, 5.41) is 12.7. The zero-order valence-electron chi connectivity index (χ0n) is 30.6. The van der Waals surface area contributed by atoms with Gasteiger partial charge in [0.2, 0.25) is 0 Å². The van der Waals surface area contributed by atoms with Crippen molar-refractivity contribution >= 4 is 6.09 Å². The van der Waals surface area contributed by atoms with E-state index in [-0.39, 0.29) is 59.0 Å². The highest BCUT2D eigenvalue weighted by Gasteiger charge is 2.84. The molecule has 5 saturated carbocycles. The number of morpholine rings is 1. The van der Waals surface area contributed by atoms with Gasteiger partial charge in [0.25, 0.3) is 0 Å². The third-order valence-corrected chi connectivity index (χ3v) is 16.7. The Morgan fingerprint density at radius 2 is 1.70 bits per heavy atom. The molecular weight excluding hydrogens is 592 g/mol. The Bertz CT molecular complexity index is 1240. The summed E-state index contributed by atoms with van der Waals surface area (Å²) in [4.78, 5) is 17.1. The molecule has 0 aromatic carbocycles. The van der Waals surface area contributed by atoms with Gasteiger partial charge in [-0.1, -0.05) is 48.5 Å². The lowest BCUT2D eigenvalue weighted by atomic mass is 9.41. The van der Waals surface area contributed by atoms with Crippen molar-refractivity contribution in [2.24, 2.45) is 56.7 Å². The van der Waals surface area contributed by atoms with Crippen LogP contribution in [-0.2, 0) is 18.9 Å². The number of carbonyl (C=O) groups excluding carboxylic acids is 1. The first-order chi connectivity index (χ1) is 22.2. The molecule has 3 aliphatic heterocycles. The van der Waals surface area contributed by atoms with Crippen LogP contribution in [0.4, 0.5) is 4.79 Å². The molecule has 8 rings (SSSR count). The Morgan fingerprint density at radius 1 is 0.979 bits per heavy atom. The zero-order chi connectivity index (χ0) is 33.3. The summed E-state index contributed by atoms with van der Waals surface area (Å²) in [6, 6.07) is 0. The second-order valence-electron chi connectivity index (χ2n) is 19.2. The van der Waals surface area contributed by atoms with Crippen LogP contribution in [-0.4, -0.2) is 97.6 Å². The molecule has 14 atom stereocenters. The number of aliphatic hydroxyl groups excluding tert-OH is 1. The van der Waals surface area contributed by atoms with E-state index >= 15 is 0 Å². The Hall–Kier alpha value is -0.930. The zero-order valence-corrected chi connectivity index (χ0v) is 30.6. The SMILES string of the molecule is CC(C)C(OC(=O)N1CCC1)C1C[C@@H](C)[C@H]2C(O1)[C@H](O)[C@@]1(C)C3CC[C@H]4C(C)(C)C(O[C@H]5CN(C)CCO5)CCC45CC35CCC21C. The number of hydrogen-bond acceptors (Lipinski definition) is 7. The normalized spacial score (nSPS) is 52.3. The van der Waals surface area contributed by atoms with Crippen LogP contribution in [0.2, 0.25) is 0 Å². The van der Waals surface area contributed by atoms with E-state index in [4.69, 9.17) is 18.9 Å². The van der Waals surface area contributed by atoms with Crippen molar-refractivity contribution in [2.75, 3.05) is 39.8 Å². The predicted octanol–water partition coefficient (Wildman–Crippen LogP) is 6.34. The number of ether oxygens (including phenoxy) is 4. The molecule has 8 heteroatoms. The molecule has 8 aliphatic rings. The number of amides is 1. The lowest BCUT2D eigenvalue weighted by Crippen LogP contribution is -2.60. The maximum absolute atomic E-state index is 12.9. The lowest BCUT2D eigenvalue weighted by molar-refractivity contribution is -0.247. The molecule has 8 nitrogen and oxygen atoms in total. The maximum atomic E-state index is 12.9. The van der Waals surface area contributed by atoms with Crippen LogP contribution in [0, 0.1) is 56.7 Å². The number of fused-ring (bicyclic) bond motifs is 4. The highest BCUT2D eigenvalue weighted by atomic mass is 16.7. The minimum atomic E-state index is -0.508. The molecule has 8 unspecified atom stereocenters. The minimum Gasteiger partial charge on any atom is -0.443 e. The highest BCUT2D eigenvalue weighted by molar-refractivity contribution is 5.68. The molecule has 1 amide bonds. The molecule has 0 aromatic heterocycles. The smallest absolute Gasteiger partial charge is 0.410 e. The van der Waals surface area contributed by atoms with Gasteiger partial charge in [0, 0.05) is 31.6 Å². The summed E-state index contributed by atoms with van der Waals surface area (Å²) in [5.41, 5.74) is 0.607. The lowest BCUT2D eigenvalue weighted by Gasteiger charge is -2.64. The monoisotopic (exact) mass is 656 g/mol. The number of hydrogen-bond donors (Lipinski definition) is 1. The van der Waals surface area contributed by atoms with Crippen LogP contribution < -0.4 is 0 Å². The molecule has 0 bridgehead atoms. The summed E-state index contributed by atoms with van der Waals surface area (Å²) in [6.07, 6.45) is 9.18. The van der Waals surface area contributed by atoms with Crippen molar-refractivity contribution in [1.29, 1.82) is 0 Å². The van der Waals surface area contributed by atoms with E-state index in [9.17, 15) is 9.90 Å². The van der Waals surface area contributed by atoms with E-state index in [2.05, 4.69) is 60.4 Å². The van der Waals surface area contributed by atoms with Gasteiger partial charge in [-0.3, -0.25) is 4.90 Å². The number of aliphatic hydroxyl groups is 1. The van der Waals surface area contributed by atoms with Gasteiger partial charge in [-0.05, 0) is 116 Å². The van der Waals surface area contributed by atoms with E-state index in [0.717, 1.165) is 52.0 Å². The van der Waals surface area contributed by atoms with Gasteiger partial charge < -0.3 is 29.0 Å². The first-order valence-corrected chi connectivity index (χ1v) is 19.4. The fraction of sp³-hybridized carbons (Fsp3) is 0.974. The summed E-state index contributed by atoms with van der Waals surface area (Å²) in [6.45, 7) is 20.8. The number of likely N-dealkylation sites (tertiary alicyclic amines) is 1. The van der Waals surface area contributed by atoms with Crippen molar-refractivity contribution in [3.8, 4) is 0 Å². The van der Waals surface area contributed by atoms with Crippen LogP contribution in [0.5, 0.6) is 0 Å². The second kappa shape index (κ2) is 11.0. The predicted molar refractivity (Wildman–Crippen MR) is 180 cm³/mol. The molecule has 266 valence electrons. The summed E-state index contributed by atoms with van der Waals surface area (Å²) in [7, 11) is 2.16. The number of carbonyl (C=O) groups is 1. The van der Waals surface area contributed by atoms with Gasteiger partial charge in [-0.25, -0.2) is 4.79 Å². The van der Waals surface area contributed by atoms with Crippen LogP contribution in [0.3, 0.4) is 0 Å². The van der Waals surface area contributed by atoms with Crippen molar-refractivity contribution in [2.45, 2.75) is 143 Å². The third-order valence-electron chi connectivity index (χ3n) is 16.7. The van der Waals surface area contributed by atoms with Crippen molar-refractivity contribution in [1.82, 2.24) is 9.80 Å². The van der Waals surface area contributed by atoms with Gasteiger partial charge in [0.15, 0.2) is 6.29 Å². The molecule has 5 aliphatic carbocycles. The van der Waals surface area contributed by atoms with Crippen molar-refractivity contribution < 1.29 is 28.8 Å². The molecule has 0 radical (unpaired) electrons. The second-order valence-corrected chi connectivity index (χ2v) is 19.2. The van der Waals surface area contributed by atoms with Crippen LogP contribution in [0.15, 0.2) is 0 Å². The number of likely N-dealkylation sites (N-methyl/N-ethyl adjacent to an activating group) is 1. The van der Waals surface area contributed by atoms with Crippen LogP contribution in [0.1, 0.15) is 106 Å². The average Bonchev–Trinajstić information content (AvgIpc) is 3.61. The molecular formula is C39H64N2O6. The highest BCUT2D eigenvalue weighted by Crippen LogP contribution is 2.89. The molecule has 2 spiro atoms. The van der Waals surface area contributed by atoms with E-state index < -0.39 is 6.10 Å². The van der Waals surface area contributed by atoms with Gasteiger partial charge in [-0.15, -0.1) is 0 Å². The van der Waals surface area contributed by atoms with Gasteiger partial charge in [-0.2, -0.15) is 0 Å². The minimum absolute atomic E-state index is 0.0236. The first kappa shape index (κ1) is 33.2. The van der Waals surface area contributed by atoms with E-state index in [0.29, 0.717) is 34.5 Å². The summed E-state index contributed by atoms with van der Waals surface area (Å²) >= 11 is 0. The fourth-order valence-corrected chi connectivity index (χ4v) is 14.1. The van der Waals surface area contributed by atoms with Gasteiger partial charge in [0.1, 0.15) is 6.10 Å². The Morgan fingerprint density at radius 3 is 2.38 bits per heavy atom. The number of rotatable bonds is 5. The number of nitrogens with zero attached hydrogens (tertiary/aromatic N) is 2. The molecule has 3 saturated heterocycles. The Balaban J connectivity index is 1.03. The molecule has 3 heterocycles. The van der Waals surface area contributed by atoms with Crippen molar-refractivity contribution in [3.63, 3.8) is 0 Å². The maximum Gasteiger partial charge on any atom is 0.410 e. The largest absolute Gasteiger partial charge is 0.443 e. The quantitative estimate of drug-likeness (QED) is 0.370. The standard InChI is InChI=1S/C39H64N2O6/c1-23(2)31(47-34(43)41-16-9-17-41)25-20-24(3)30-32(45-25)33(42)37(7)27-11-10-26-35(4,5)28(46-29-21-40(8)18-19-44-29)12-13-38(26)22-39(27,38)15-14-36(30,37)6/h23-33,42H,9-22H2,1-8H3/t24-,25?,26+,27?,28?,29+,30+,31?,32?,33+,36?,37-,38?,39?/m1/s1. The summed E-state index contributed by atoms with van der Waals surface area (Å²) < 4.78 is 26.1. The van der Waals surface area contributed by atoms with Crippen LogP contribution in [0.25, 0.3) is 0 Å². The molecule has 1 N–H and O–H groups in total. The molecule has 0 aromatic rings. The van der Waals surface area contributed by atoms with E-state index in [1.54, 1.807) is 4.90 Å². The van der Waals surface area contributed by atoms with Crippen LogP contribution >= 0.6 is 0 Å². The average molecular weight is 657 g/mol. The Kier molecular flexibility index (Phi) is 7.80. The van der Waals surface area contributed by atoms with Gasteiger partial charge >= 0.3 is 6.09 Å². The topological polar surface area (TPSA) is 80.7 Å². The van der Waals surface area contributed by atoms with Crippen molar-refractivity contribution in [3.05, 3.63) is 0 Å². The summed E-state index contributed by atoms with van der Waals surface area (Å²) in [5.74, 6) is 2.02.